The highest BCUT2D eigenvalue weighted by Gasteiger charge is 2.35. The number of aryl methyl sites for hydroxylation is 2. The van der Waals surface area contributed by atoms with Crippen molar-refractivity contribution in [3.63, 3.8) is 0 Å². The van der Waals surface area contributed by atoms with Crippen molar-refractivity contribution in [2.75, 3.05) is 0 Å². The summed E-state index contributed by atoms with van der Waals surface area (Å²) in [7, 11) is 0. The molecule has 1 aromatic carbocycles. The fourth-order valence-electron chi connectivity index (χ4n) is 4.61. The SMILES string of the molecule is Cc1cc(CCCCCC2(C)CC2)c(CCCCCCC(C)(C)C)c(C)c1C. The monoisotopic (exact) mass is 384 g/mol. The highest BCUT2D eigenvalue weighted by molar-refractivity contribution is 5.44. The predicted molar refractivity (Wildman–Crippen MR) is 126 cm³/mol. The molecule has 1 aromatic rings. The molecule has 0 spiro atoms. The molecule has 0 N–H and O–H groups in total. The Morgan fingerprint density at radius 1 is 0.786 bits per heavy atom. The molecule has 1 aliphatic carbocycles. The molecule has 1 fully saturated rings. The Labute approximate surface area is 176 Å². The van der Waals surface area contributed by atoms with Crippen LogP contribution in [0.4, 0.5) is 0 Å². The fourth-order valence-corrected chi connectivity index (χ4v) is 4.61. The van der Waals surface area contributed by atoms with Crippen LogP contribution in [0.25, 0.3) is 0 Å². The molecule has 0 bridgehead atoms. The van der Waals surface area contributed by atoms with Gasteiger partial charge in [0.1, 0.15) is 0 Å². The van der Waals surface area contributed by atoms with E-state index < -0.39 is 0 Å². The molecule has 2 rings (SSSR count). The van der Waals surface area contributed by atoms with Gasteiger partial charge in [-0.15, -0.1) is 0 Å². The van der Waals surface area contributed by atoms with E-state index in [2.05, 4.69) is 54.5 Å². The van der Waals surface area contributed by atoms with Gasteiger partial charge in [0, 0.05) is 0 Å². The first-order chi connectivity index (χ1) is 13.1. The van der Waals surface area contributed by atoms with Crippen LogP contribution < -0.4 is 0 Å². The van der Waals surface area contributed by atoms with E-state index in [1.807, 2.05) is 0 Å². The molecule has 0 aliphatic heterocycles. The normalized spacial score (nSPS) is 15.8. The highest BCUT2D eigenvalue weighted by Crippen LogP contribution is 2.49. The molecule has 0 saturated heterocycles. The number of unbranched alkanes of at least 4 members (excludes halogenated alkanes) is 5. The van der Waals surface area contributed by atoms with Crippen molar-refractivity contribution in [2.24, 2.45) is 10.8 Å². The summed E-state index contributed by atoms with van der Waals surface area (Å²) in [5.74, 6) is 0. The van der Waals surface area contributed by atoms with Gasteiger partial charge < -0.3 is 0 Å². The molecule has 0 aromatic heterocycles. The fraction of sp³-hybridized carbons (Fsp3) is 0.786. The van der Waals surface area contributed by atoms with Crippen LogP contribution in [0, 0.1) is 31.6 Å². The summed E-state index contributed by atoms with van der Waals surface area (Å²) in [4.78, 5) is 0. The van der Waals surface area contributed by atoms with Crippen LogP contribution in [-0.2, 0) is 12.8 Å². The first-order valence-corrected chi connectivity index (χ1v) is 12.2. The van der Waals surface area contributed by atoms with Crippen LogP contribution in [0.2, 0.25) is 0 Å². The van der Waals surface area contributed by atoms with Crippen molar-refractivity contribution < 1.29 is 0 Å². The molecule has 0 nitrogen and oxygen atoms in total. The molecule has 0 heteroatoms. The second kappa shape index (κ2) is 10.3. The van der Waals surface area contributed by atoms with Crippen molar-refractivity contribution >= 4 is 0 Å². The quantitative estimate of drug-likeness (QED) is 0.315. The summed E-state index contributed by atoms with van der Waals surface area (Å²) < 4.78 is 0. The Bertz CT molecular complexity index is 610. The van der Waals surface area contributed by atoms with Gasteiger partial charge in [0.25, 0.3) is 0 Å². The van der Waals surface area contributed by atoms with E-state index in [9.17, 15) is 0 Å². The van der Waals surface area contributed by atoms with Crippen molar-refractivity contribution in [3.8, 4) is 0 Å². The first-order valence-electron chi connectivity index (χ1n) is 12.2. The van der Waals surface area contributed by atoms with Crippen LogP contribution in [0.15, 0.2) is 6.07 Å². The first kappa shape index (κ1) is 23.5. The smallest absolute Gasteiger partial charge is 0.0273 e. The highest BCUT2D eigenvalue weighted by atomic mass is 14.4. The summed E-state index contributed by atoms with van der Waals surface area (Å²) in [5.41, 5.74) is 9.17. The lowest BCUT2D eigenvalue weighted by Crippen LogP contribution is -2.04. The minimum Gasteiger partial charge on any atom is -0.0602 e. The number of benzene rings is 1. The predicted octanol–water partition coefficient (Wildman–Crippen LogP) is 9.05. The van der Waals surface area contributed by atoms with E-state index >= 15 is 0 Å². The summed E-state index contributed by atoms with van der Waals surface area (Å²) in [6, 6.07) is 2.51. The Kier molecular flexibility index (Phi) is 8.65. The van der Waals surface area contributed by atoms with E-state index in [-0.39, 0.29) is 0 Å². The van der Waals surface area contributed by atoms with Crippen LogP contribution >= 0.6 is 0 Å². The lowest BCUT2D eigenvalue weighted by molar-refractivity contribution is 0.357. The molecular formula is C28H48. The second-order valence-electron chi connectivity index (χ2n) is 11.4. The van der Waals surface area contributed by atoms with Crippen LogP contribution in [0.3, 0.4) is 0 Å². The van der Waals surface area contributed by atoms with Crippen molar-refractivity contribution in [2.45, 2.75) is 132 Å². The summed E-state index contributed by atoms with van der Waals surface area (Å²) >= 11 is 0. The van der Waals surface area contributed by atoms with Crippen LogP contribution in [0.5, 0.6) is 0 Å². The molecule has 0 heterocycles. The molecule has 0 unspecified atom stereocenters. The maximum absolute atomic E-state index is 2.51. The lowest BCUT2D eigenvalue weighted by Gasteiger charge is -2.19. The van der Waals surface area contributed by atoms with Gasteiger partial charge >= 0.3 is 0 Å². The average molecular weight is 385 g/mol. The van der Waals surface area contributed by atoms with Crippen LogP contribution in [-0.4, -0.2) is 0 Å². The zero-order valence-corrected chi connectivity index (χ0v) is 20.3. The third kappa shape index (κ3) is 7.92. The summed E-state index contributed by atoms with van der Waals surface area (Å²) in [6.45, 7) is 16.6. The van der Waals surface area contributed by atoms with Crippen molar-refractivity contribution in [1.82, 2.24) is 0 Å². The van der Waals surface area contributed by atoms with Gasteiger partial charge in [-0.05, 0) is 111 Å². The Morgan fingerprint density at radius 2 is 1.39 bits per heavy atom. The molecular weight excluding hydrogens is 336 g/mol. The Balaban J connectivity index is 1.82. The van der Waals surface area contributed by atoms with Gasteiger partial charge in [0.2, 0.25) is 0 Å². The van der Waals surface area contributed by atoms with Gasteiger partial charge in [-0.2, -0.15) is 0 Å². The number of rotatable bonds is 12. The summed E-state index contributed by atoms with van der Waals surface area (Å²) in [6.07, 6.45) is 18.1. The van der Waals surface area contributed by atoms with Crippen molar-refractivity contribution in [3.05, 3.63) is 33.9 Å². The van der Waals surface area contributed by atoms with Crippen LogP contribution in [0.1, 0.15) is 126 Å². The largest absolute Gasteiger partial charge is 0.0602 e. The topological polar surface area (TPSA) is 0 Å². The third-order valence-electron chi connectivity index (χ3n) is 7.32. The third-order valence-corrected chi connectivity index (χ3v) is 7.32. The van der Waals surface area contributed by atoms with E-state index in [0.717, 1.165) is 5.41 Å². The van der Waals surface area contributed by atoms with E-state index in [0.29, 0.717) is 5.41 Å². The zero-order chi connectivity index (χ0) is 20.8. The molecule has 1 aliphatic rings. The average Bonchev–Trinajstić information content (AvgIpc) is 3.34. The number of hydrogen-bond donors (Lipinski definition) is 0. The number of hydrogen-bond acceptors (Lipinski definition) is 0. The second-order valence-corrected chi connectivity index (χ2v) is 11.4. The molecule has 0 amide bonds. The Morgan fingerprint density at radius 3 is 2.04 bits per heavy atom. The minimum atomic E-state index is 0.495. The standard InChI is InChI=1S/C28H48/c1-22-21-25(15-11-10-14-18-28(7)19-20-28)26(24(3)23(22)2)16-12-8-9-13-17-27(4,5)6/h21H,8-20H2,1-7H3. The van der Waals surface area contributed by atoms with Gasteiger partial charge in [-0.25, -0.2) is 0 Å². The van der Waals surface area contributed by atoms with E-state index in [1.165, 1.54) is 94.6 Å². The zero-order valence-electron chi connectivity index (χ0n) is 20.3. The molecule has 160 valence electrons. The van der Waals surface area contributed by atoms with Crippen molar-refractivity contribution in [1.29, 1.82) is 0 Å². The maximum Gasteiger partial charge on any atom is -0.0273 e. The molecule has 0 atom stereocenters. The van der Waals surface area contributed by atoms with E-state index in [4.69, 9.17) is 0 Å². The lowest BCUT2D eigenvalue weighted by atomic mass is 9.87. The van der Waals surface area contributed by atoms with Gasteiger partial charge in [-0.1, -0.05) is 65.9 Å². The van der Waals surface area contributed by atoms with Gasteiger partial charge in [0.05, 0.1) is 0 Å². The minimum absolute atomic E-state index is 0.495. The molecule has 0 radical (unpaired) electrons. The maximum atomic E-state index is 2.51. The Hall–Kier alpha value is -0.780. The van der Waals surface area contributed by atoms with E-state index in [1.54, 1.807) is 16.7 Å². The van der Waals surface area contributed by atoms with Gasteiger partial charge in [0.15, 0.2) is 0 Å². The van der Waals surface area contributed by atoms with Gasteiger partial charge in [-0.3, -0.25) is 0 Å². The summed E-state index contributed by atoms with van der Waals surface area (Å²) in [5, 5.41) is 0. The molecule has 1 saturated carbocycles. The molecule has 28 heavy (non-hydrogen) atoms.